The van der Waals surface area contributed by atoms with Crippen molar-refractivity contribution in [2.45, 2.75) is 33.3 Å². The number of cyclic esters (lactones) is 1. The Kier molecular flexibility index (Phi) is 3.36. The largest absolute Gasteiger partial charge is 0.466 e. The fraction of sp³-hybridized carbons (Fsp3) is 0.429. The Morgan fingerprint density at radius 1 is 1.39 bits per heavy atom. The number of carbonyl (C=O) groups excluding carboxylic acids is 2. The van der Waals surface area contributed by atoms with Gasteiger partial charge in [-0.3, -0.25) is 4.79 Å². The van der Waals surface area contributed by atoms with Crippen LogP contribution in [-0.2, 0) is 14.3 Å². The van der Waals surface area contributed by atoms with Crippen LogP contribution < -0.4 is 0 Å². The molecule has 0 saturated heterocycles. The smallest absolute Gasteiger partial charge is 0.339 e. The van der Waals surface area contributed by atoms with Crippen LogP contribution in [0.2, 0.25) is 0 Å². The van der Waals surface area contributed by atoms with Crippen molar-refractivity contribution in [3.05, 3.63) is 34.4 Å². The number of hydrogen-bond donors (Lipinski definition) is 0. The molecule has 0 saturated carbocycles. The first-order chi connectivity index (χ1) is 8.52. The van der Waals surface area contributed by atoms with Crippen LogP contribution in [-0.4, -0.2) is 18.5 Å². The quantitative estimate of drug-likeness (QED) is 0.771. The van der Waals surface area contributed by atoms with Gasteiger partial charge in [-0.25, -0.2) is 4.79 Å². The Labute approximate surface area is 106 Å². The zero-order valence-electron chi connectivity index (χ0n) is 10.8. The first-order valence-electron chi connectivity index (χ1n) is 6.00. The highest BCUT2D eigenvalue weighted by atomic mass is 16.6. The fourth-order valence-electron chi connectivity index (χ4n) is 2.31. The summed E-state index contributed by atoms with van der Waals surface area (Å²) >= 11 is 0. The van der Waals surface area contributed by atoms with Gasteiger partial charge in [-0.15, -0.1) is 0 Å². The van der Waals surface area contributed by atoms with Gasteiger partial charge in [0.2, 0.25) is 0 Å². The molecule has 0 spiro atoms. The van der Waals surface area contributed by atoms with E-state index in [1.165, 1.54) is 0 Å². The minimum absolute atomic E-state index is 0.0788. The molecule has 1 aromatic carbocycles. The number of aryl methyl sites for hydroxylation is 2. The molecule has 0 fully saturated rings. The summed E-state index contributed by atoms with van der Waals surface area (Å²) in [4.78, 5) is 23.2. The molecule has 1 heterocycles. The van der Waals surface area contributed by atoms with Gasteiger partial charge in [0, 0.05) is 5.56 Å². The first-order valence-corrected chi connectivity index (χ1v) is 6.00. The number of esters is 2. The van der Waals surface area contributed by atoms with Crippen LogP contribution in [0.15, 0.2) is 12.1 Å². The molecule has 96 valence electrons. The maximum atomic E-state index is 11.8. The standard InChI is InChI=1S/C14H16O4/c1-4-17-12(15)7-11-10-6-8(2)5-9(3)13(10)14(16)18-11/h5-6,11H,4,7H2,1-3H3. The van der Waals surface area contributed by atoms with E-state index in [1.54, 1.807) is 6.92 Å². The Bertz CT molecular complexity index is 505. The van der Waals surface area contributed by atoms with Crippen LogP contribution in [0.3, 0.4) is 0 Å². The second-order valence-electron chi connectivity index (χ2n) is 4.45. The number of ether oxygens (including phenoxy) is 2. The van der Waals surface area contributed by atoms with Crippen molar-refractivity contribution in [1.29, 1.82) is 0 Å². The van der Waals surface area contributed by atoms with Gasteiger partial charge in [0.1, 0.15) is 6.10 Å². The van der Waals surface area contributed by atoms with Gasteiger partial charge in [0.05, 0.1) is 18.6 Å². The lowest BCUT2D eigenvalue weighted by atomic mass is 9.96. The molecule has 1 aromatic rings. The molecule has 1 aliphatic rings. The average molecular weight is 248 g/mol. The molecular formula is C14H16O4. The Balaban J connectivity index is 2.30. The molecule has 0 bridgehead atoms. The number of hydrogen-bond acceptors (Lipinski definition) is 4. The first kappa shape index (κ1) is 12.6. The molecule has 0 radical (unpaired) electrons. The topological polar surface area (TPSA) is 52.6 Å². The van der Waals surface area contributed by atoms with Crippen LogP contribution in [0.1, 0.15) is 46.5 Å². The predicted molar refractivity (Wildman–Crippen MR) is 65.3 cm³/mol. The lowest BCUT2D eigenvalue weighted by molar-refractivity contribution is -0.145. The van der Waals surface area contributed by atoms with E-state index < -0.39 is 6.10 Å². The van der Waals surface area contributed by atoms with E-state index in [9.17, 15) is 9.59 Å². The van der Waals surface area contributed by atoms with Crippen LogP contribution in [0, 0.1) is 13.8 Å². The SMILES string of the molecule is CCOC(=O)CC1OC(=O)c2c(C)cc(C)cc21. The van der Waals surface area contributed by atoms with Crippen LogP contribution >= 0.6 is 0 Å². The summed E-state index contributed by atoms with van der Waals surface area (Å²) in [5.41, 5.74) is 3.33. The van der Waals surface area contributed by atoms with E-state index in [-0.39, 0.29) is 18.4 Å². The minimum Gasteiger partial charge on any atom is -0.466 e. The lowest BCUT2D eigenvalue weighted by Gasteiger charge is -2.10. The predicted octanol–water partition coefficient (Wildman–Crippen LogP) is 2.47. The van der Waals surface area contributed by atoms with E-state index in [0.29, 0.717) is 12.2 Å². The van der Waals surface area contributed by atoms with Crippen LogP contribution in [0.4, 0.5) is 0 Å². The second-order valence-corrected chi connectivity index (χ2v) is 4.45. The van der Waals surface area contributed by atoms with Crippen molar-refractivity contribution in [3.8, 4) is 0 Å². The van der Waals surface area contributed by atoms with Crippen molar-refractivity contribution >= 4 is 11.9 Å². The summed E-state index contributed by atoms with van der Waals surface area (Å²) in [6.45, 7) is 5.91. The summed E-state index contributed by atoms with van der Waals surface area (Å²) in [5.74, 6) is -0.695. The molecule has 0 aromatic heterocycles. The molecule has 1 unspecified atom stereocenters. The summed E-state index contributed by atoms with van der Waals surface area (Å²) in [6.07, 6.45) is -0.430. The normalized spacial score (nSPS) is 17.3. The van der Waals surface area contributed by atoms with Crippen LogP contribution in [0.5, 0.6) is 0 Å². The van der Waals surface area contributed by atoms with Gasteiger partial charge in [0.25, 0.3) is 0 Å². The van der Waals surface area contributed by atoms with Crippen molar-refractivity contribution in [2.75, 3.05) is 6.61 Å². The summed E-state index contributed by atoms with van der Waals surface area (Å²) in [6, 6.07) is 3.84. The highest BCUT2D eigenvalue weighted by molar-refractivity contribution is 5.96. The van der Waals surface area contributed by atoms with Gasteiger partial charge in [0.15, 0.2) is 0 Å². The molecule has 1 aliphatic heterocycles. The van der Waals surface area contributed by atoms with E-state index in [1.807, 2.05) is 26.0 Å². The van der Waals surface area contributed by atoms with Crippen molar-refractivity contribution < 1.29 is 19.1 Å². The fourth-order valence-corrected chi connectivity index (χ4v) is 2.31. The van der Waals surface area contributed by atoms with Gasteiger partial charge in [-0.1, -0.05) is 17.7 Å². The third kappa shape index (κ3) is 2.23. The van der Waals surface area contributed by atoms with Crippen LogP contribution in [0.25, 0.3) is 0 Å². The van der Waals surface area contributed by atoms with Gasteiger partial charge < -0.3 is 9.47 Å². The maximum Gasteiger partial charge on any atom is 0.339 e. The number of fused-ring (bicyclic) bond motifs is 1. The minimum atomic E-state index is -0.509. The average Bonchev–Trinajstić information content (AvgIpc) is 2.55. The van der Waals surface area contributed by atoms with E-state index in [4.69, 9.17) is 9.47 Å². The molecule has 0 N–H and O–H groups in total. The zero-order chi connectivity index (χ0) is 13.3. The molecular weight excluding hydrogens is 232 g/mol. The molecule has 18 heavy (non-hydrogen) atoms. The maximum absolute atomic E-state index is 11.8. The monoisotopic (exact) mass is 248 g/mol. The van der Waals surface area contributed by atoms with Crippen molar-refractivity contribution in [3.63, 3.8) is 0 Å². The zero-order valence-corrected chi connectivity index (χ0v) is 10.8. The van der Waals surface area contributed by atoms with Gasteiger partial charge in [-0.05, 0) is 26.3 Å². The second kappa shape index (κ2) is 4.80. The Morgan fingerprint density at radius 2 is 2.11 bits per heavy atom. The molecule has 1 atom stereocenters. The third-order valence-corrected chi connectivity index (χ3v) is 2.97. The highest BCUT2D eigenvalue weighted by Gasteiger charge is 2.34. The Hall–Kier alpha value is -1.84. The van der Waals surface area contributed by atoms with E-state index in [0.717, 1.165) is 16.7 Å². The van der Waals surface area contributed by atoms with Gasteiger partial charge >= 0.3 is 11.9 Å². The summed E-state index contributed by atoms with van der Waals surface area (Å²) in [5, 5.41) is 0. The molecule has 4 heteroatoms. The number of carbonyl (C=O) groups is 2. The van der Waals surface area contributed by atoms with Crippen molar-refractivity contribution in [1.82, 2.24) is 0 Å². The van der Waals surface area contributed by atoms with Crippen molar-refractivity contribution in [2.24, 2.45) is 0 Å². The lowest BCUT2D eigenvalue weighted by Crippen LogP contribution is -2.10. The van der Waals surface area contributed by atoms with E-state index in [2.05, 4.69) is 0 Å². The number of rotatable bonds is 3. The Morgan fingerprint density at radius 3 is 2.78 bits per heavy atom. The molecule has 0 amide bonds. The van der Waals surface area contributed by atoms with Gasteiger partial charge in [-0.2, -0.15) is 0 Å². The number of benzene rings is 1. The molecule has 2 rings (SSSR count). The molecule has 4 nitrogen and oxygen atoms in total. The highest BCUT2D eigenvalue weighted by Crippen LogP contribution is 2.35. The molecule has 0 aliphatic carbocycles. The summed E-state index contributed by atoms with van der Waals surface area (Å²) in [7, 11) is 0. The summed E-state index contributed by atoms with van der Waals surface area (Å²) < 4.78 is 10.1. The van der Waals surface area contributed by atoms with E-state index >= 15 is 0 Å². The third-order valence-electron chi connectivity index (χ3n) is 2.97.